The van der Waals surface area contributed by atoms with Crippen LogP contribution in [0.1, 0.15) is 12.8 Å². The molecule has 1 aliphatic rings. The fourth-order valence-electron chi connectivity index (χ4n) is 1.29. The largest absolute Gasteiger partial charge is 0.368 e. The third-order valence-corrected chi connectivity index (χ3v) is 2.07. The van der Waals surface area contributed by atoms with E-state index in [1.54, 1.807) is 0 Å². The molecule has 6 heteroatoms. The molecule has 5 N–H and O–H groups in total. The normalized spacial score (nSPS) is 23.2. The quantitative estimate of drug-likeness (QED) is 0.539. The maximum atomic E-state index is 11.0. The van der Waals surface area contributed by atoms with Gasteiger partial charge in [0.25, 0.3) is 0 Å². The summed E-state index contributed by atoms with van der Waals surface area (Å²) in [6.07, 6.45) is 1.11. The zero-order chi connectivity index (χ0) is 9.14. The first-order valence-corrected chi connectivity index (χ1v) is 3.94. The van der Waals surface area contributed by atoms with Gasteiger partial charge in [-0.15, -0.1) is 12.4 Å². The lowest BCUT2D eigenvalue weighted by molar-refractivity contribution is -0.123. The Kier molecular flexibility index (Phi) is 4.72. The van der Waals surface area contributed by atoms with Crippen LogP contribution >= 0.6 is 12.4 Å². The Morgan fingerprint density at radius 3 is 2.69 bits per heavy atom. The first kappa shape index (κ1) is 12.2. The Morgan fingerprint density at radius 1 is 1.69 bits per heavy atom. The van der Waals surface area contributed by atoms with Gasteiger partial charge < -0.3 is 16.8 Å². The van der Waals surface area contributed by atoms with E-state index < -0.39 is 11.9 Å². The van der Waals surface area contributed by atoms with E-state index in [4.69, 9.17) is 11.5 Å². The van der Waals surface area contributed by atoms with Crippen LogP contribution in [-0.4, -0.2) is 24.4 Å². The summed E-state index contributed by atoms with van der Waals surface area (Å²) >= 11 is 0. The van der Waals surface area contributed by atoms with E-state index in [1.165, 1.54) is 0 Å². The van der Waals surface area contributed by atoms with Gasteiger partial charge in [0.1, 0.15) is 0 Å². The van der Waals surface area contributed by atoms with E-state index >= 15 is 0 Å². The fraction of sp³-hybridized carbons (Fsp3) is 0.714. The van der Waals surface area contributed by atoms with Gasteiger partial charge in [-0.1, -0.05) is 0 Å². The molecule has 5 nitrogen and oxygen atoms in total. The third-order valence-electron chi connectivity index (χ3n) is 2.07. The van der Waals surface area contributed by atoms with Crippen LogP contribution in [0.15, 0.2) is 0 Å². The summed E-state index contributed by atoms with van der Waals surface area (Å²) in [6.45, 7) is 0.676. The number of carbonyl (C=O) groups is 2. The molecule has 0 radical (unpaired) electrons. The van der Waals surface area contributed by atoms with Crippen LogP contribution in [0, 0.1) is 5.92 Å². The molecule has 1 heterocycles. The Bertz CT molecular complexity index is 210. The number of amides is 2. The van der Waals surface area contributed by atoms with Crippen molar-refractivity contribution < 1.29 is 9.59 Å². The first-order valence-electron chi connectivity index (χ1n) is 3.94. The van der Waals surface area contributed by atoms with Crippen molar-refractivity contribution in [3.63, 3.8) is 0 Å². The van der Waals surface area contributed by atoms with Crippen LogP contribution in [-0.2, 0) is 9.59 Å². The second-order valence-corrected chi connectivity index (χ2v) is 3.02. The van der Waals surface area contributed by atoms with Gasteiger partial charge in [0.15, 0.2) is 0 Å². The molecular weight excluding hydrogens is 194 g/mol. The van der Waals surface area contributed by atoms with Gasteiger partial charge in [0.2, 0.25) is 11.8 Å². The molecule has 76 valence electrons. The van der Waals surface area contributed by atoms with Gasteiger partial charge in [-0.05, 0) is 12.8 Å². The summed E-state index contributed by atoms with van der Waals surface area (Å²) < 4.78 is 0. The third kappa shape index (κ3) is 3.20. The summed E-state index contributed by atoms with van der Waals surface area (Å²) in [5, 5.41) is 2.67. The van der Waals surface area contributed by atoms with Crippen molar-refractivity contribution in [2.45, 2.75) is 18.9 Å². The van der Waals surface area contributed by atoms with Crippen LogP contribution in [0.5, 0.6) is 0 Å². The van der Waals surface area contributed by atoms with Crippen LogP contribution < -0.4 is 16.8 Å². The van der Waals surface area contributed by atoms with Crippen LogP contribution in [0.25, 0.3) is 0 Å². The van der Waals surface area contributed by atoms with Crippen molar-refractivity contribution in [3.05, 3.63) is 0 Å². The number of carbonyl (C=O) groups excluding carboxylic acids is 2. The van der Waals surface area contributed by atoms with E-state index in [2.05, 4.69) is 5.32 Å². The monoisotopic (exact) mass is 207 g/mol. The number of nitrogens with two attached hydrogens (primary N) is 2. The van der Waals surface area contributed by atoms with Crippen LogP contribution in [0.3, 0.4) is 0 Å². The van der Waals surface area contributed by atoms with Crippen molar-refractivity contribution in [1.82, 2.24) is 5.32 Å². The van der Waals surface area contributed by atoms with E-state index in [-0.39, 0.29) is 24.2 Å². The average Bonchev–Trinajstić information content (AvgIpc) is 2.36. The average molecular weight is 208 g/mol. The van der Waals surface area contributed by atoms with Crippen LogP contribution in [0.2, 0.25) is 0 Å². The smallest absolute Gasteiger partial charge is 0.234 e. The lowest BCUT2D eigenvalue weighted by Crippen LogP contribution is -2.39. The lowest BCUT2D eigenvalue weighted by Gasteiger charge is -2.10. The molecule has 1 fully saturated rings. The van der Waals surface area contributed by atoms with Crippen molar-refractivity contribution in [2.24, 2.45) is 17.4 Å². The fourth-order valence-corrected chi connectivity index (χ4v) is 1.29. The molecule has 0 unspecified atom stereocenters. The number of hydrogen-bond donors (Lipinski definition) is 3. The molecule has 2 atom stereocenters. The predicted octanol–water partition coefficient (Wildman–Crippen LogP) is -1.25. The number of hydrogen-bond acceptors (Lipinski definition) is 3. The van der Waals surface area contributed by atoms with Gasteiger partial charge >= 0.3 is 0 Å². The molecule has 0 aromatic rings. The zero-order valence-corrected chi connectivity index (χ0v) is 7.97. The lowest BCUT2D eigenvalue weighted by atomic mass is 9.99. The minimum Gasteiger partial charge on any atom is -0.368 e. The summed E-state index contributed by atoms with van der Waals surface area (Å²) in [6, 6.07) is -0.696. The van der Waals surface area contributed by atoms with Crippen LogP contribution in [0.4, 0.5) is 0 Å². The van der Waals surface area contributed by atoms with Gasteiger partial charge in [-0.25, -0.2) is 0 Å². The summed E-state index contributed by atoms with van der Waals surface area (Å²) in [4.78, 5) is 21.6. The molecule has 0 aliphatic carbocycles. The molecule has 1 saturated heterocycles. The molecule has 2 amide bonds. The van der Waals surface area contributed by atoms with E-state index in [0.717, 1.165) is 6.42 Å². The Morgan fingerprint density at radius 2 is 2.31 bits per heavy atom. The van der Waals surface area contributed by atoms with Crippen molar-refractivity contribution in [1.29, 1.82) is 0 Å². The molecule has 13 heavy (non-hydrogen) atoms. The number of nitrogens with one attached hydrogen (secondary N) is 1. The van der Waals surface area contributed by atoms with Crippen molar-refractivity contribution in [3.8, 4) is 0 Å². The highest BCUT2D eigenvalue weighted by molar-refractivity contribution is 5.85. The minimum atomic E-state index is -0.696. The SMILES string of the molecule is Cl.NC(=O)[C@H](N)C[C@H]1CCNC1=O. The van der Waals surface area contributed by atoms with E-state index in [1.807, 2.05) is 0 Å². The molecule has 0 aromatic carbocycles. The molecule has 0 bridgehead atoms. The number of rotatable bonds is 3. The zero-order valence-electron chi connectivity index (χ0n) is 7.16. The molecule has 0 aromatic heterocycles. The first-order chi connectivity index (χ1) is 5.61. The standard InChI is InChI=1S/C7H13N3O2.ClH/c8-5(6(9)11)3-4-1-2-10-7(4)12;/h4-5H,1-3,8H2,(H2,9,11)(H,10,12);1H/t4-,5-;/m1./s1. The van der Waals surface area contributed by atoms with Gasteiger partial charge in [-0.2, -0.15) is 0 Å². The van der Waals surface area contributed by atoms with E-state index in [0.29, 0.717) is 13.0 Å². The number of halogens is 1. The summed E-state index contributed by atoms with van der Waals surface area (Å²) in [7, 11) is 0. The van der Waals surface area contributed by atoms with Gasteiger partial charge in [0, 0.05) is 12.5 Å². The van der Waals surface area contributed by atoms with Crippen molar-refractivity contribution >= 4 is 24.2 Å². The maximum Gasteiger partial charge on any atom is 0.234 e. The molecule has 0 spiro atoms. The van der Waals surface area contributed by atoms with Gasteiger partial charge in [-0.3, -0.25) is 9.59 Å². The Balaban J connectivity index is 0.00000144. The second kappa shape index (κ2) is 5.04. The summed E-state index contributed by atoms with van der Waals surface area (Å²) in [5.74, 6) is -0.700. The van der Waals surface area contributed by atoms with E-state index in [9.17, 15) is 9.59 Å². The topological polar surface area (TPSA) is 98.2 Å². The maximum absolute atomic E-state index is 11.0. The minimum absolute atomic E-state index is 0. The molecular formula is C7H14ClN3O2. The second-order valence-electron chi connectivity index (χ2n) is 3.02. The molecule has 1 rings (SSSR count). The molecule has 0 saturated carbocycles. The van der Waals surface area contributed by atoms with Crippen molar-refractivity contribution in [2.75, 3.05) is 6.54 Å². The Hall–Kier alpha value is -0.810. The Labute approximate surface area is 82.6 Å². The highest BCUT2D eigenvalue weighted by atomic mass is 35.5. The highest BCUT2D eigenvalue weighted by Gasteiger charge is 2.27. The summed E-state index contributed by atoms with van der Waals surface area (Å²) in [5.41, 5.74) is 10.4. The molecule has 1 aliphatic heterocycles. The number of primary amides is 1. The predicted molar refractivity (Wildman–Crippen MR) is 50.2 cm³/mol. The highest BCUT2D eigenvalue weighted by Crippen LogP contribution is 2.14. The van der Waals surface area contributed by atoms with Gasteiger partial charge in [0.05, 0.1) is 6.04 Å².